The summed E-state index contributed by atoms with van der Waals surface area (Å²) in [5.74, 6) is 1.82. The molecule has 0 fully saturated rings. The van der Waals surface area contributed by atoms with Crippen LogP contribution in [-0.4, -0.2) is 23.4 Å². The maximum absolute atomic E-state index is 11.8. The van der Waals surface area contributed by atoms with Gasteiger partial charge in [0.1, 0.15) is 17.3 Å². The number of aromatic nitrogens is 1. The van der Waals surface area contributed by atoms with Gasteiger partial charge < -0.3 is 14.5 Å². The van der Waals surface area contributed by atoms with E-state index in [-0.39, 0.29) is 12.5 Å². The lowest BCUT2D eigenvalue weighted by Crippen LogP contribution is -2.25. The molecule has 4 aromatic rings. The topological polar surface area (TPSA) is 81.1 Å². The smallest absolute Gasteiger partial charge is 0.262 e. The first-order chi connectivity index (χ1) is 16.0. The van der Waals surface area contributed by atoms with E-state index in [1.165, 1.54) is 11.3 Å². The van der Waals surface area contributed by atoms with Gasteiger partial charge in [0.15, 0.2) is 6.61 Å². The van der Waals surface area contributed by atoms with Gasteiger partial charge in [-0.1, -0.05) is 23.2 Å². The SMILES string of the molecule is Cc1ccc(C=Nn2c(-c3ccc4c(c3)NC(=O)CO4)csc2=Nc2ccc(Cl)cc2Cl)o1. The largest absolute Gasteiger partial charge is 0.482 e. The summed E-state index contributed by atoms with van der Waals surface area (Å²) < 4.78 is 12.8. The van der Waals surface area contributed by atoms with Crippen LogP contribution in [0.5, 0.6) is 5.75 Å². The normalized spacial score (nSPS) is 13.8. The lowest BCUT2D eigenvalue weighted by Gasteiger charge is -2.18. The molecule has 1 N–H and O–H groups in total. The first-order valence-corrected chi connectivity index (χ1v) is 11.5. The number of nitrogens with one attached hydrogen (secondary N) is 1. The fourth-order valence-corrected chi connectivity index (χ4v) is 4.54. The number of thiazole rings is 1. The number of carbonyl (C=O) groups excluding carboxylic acids is 1. The van der Waals surface area contributed by atoms with E-state index in [0.717, 1.165) is 17.0 Å². The number of halogens is 2. The quantitative estimate of drug-likeness (QED) is 0.357. The molecule has 1 amide bonds. The van der Waals surface area contributed by atoms with E-state index in [4.69, 9.17) is 37.3 Å². The number of furan rings is 1. The molecule has 7 nitrogen and oxygen atoms in total. The highest BCUT2D eigenvalue weighted by atomic mass is 35.5. The molecule has 33 heavy (non-hydrogen) atoms. The third-order valence-corrected chi connectivity index (χ3v) is 6.13. The van der Waals surface area contributed by atoms with Gasteiger partial charge in [-0.05, 0) is 55.5 Å². The minimum atomic E-state index is -0.197. The molecule has 2 aromatic heterocycles. The molecular formula is C23H16Cl2N4O3S. The van der Waals surface area contributed by atoms with Gasteiger partial charge in [-0.2, -0.15) is 5.10 Å². The number of fused-ring (bicyclic) bond motifs is 1. The van der Waals surface area contributed by atoms with Gasteiger partial charge in [-0.25, -0.2) is 9.67 Å². The zero-order valence-electron chi connectivity index (χ0n) is 17.2. The number of hydrogen-bond acceptors (Lipinski definition) is 6. The van der Waals surface area contributed by atoms with Crippen molar-refractivity contribution in [2.75, 3.05) is 11.9 Å². The summed E-state index contributed by atoms with van der Waals surface area (Å²) in [5, 5.41) is 10.4. The number of anilines is 1. The van der Waals surface area contributed by atoms with Crippen molar-refractivity contribution in [3.05, 3.63) is 80.3 Å². The fraction of sp³-hybridized carbons (Fsp3) is 0.0870. The summed E-state index contributed by atoms with van der Waals surface area (Å²) in [4.78, 5) is 17.0. The Balaban J connectivity index is 1.64. The Morgan fingerprint density at radius 1 is 1.15 bits per heavy atom. The predicted octanol–water partition coefficient (Wildman–Crippen LogP) is 5.87. The van der Waals surface area contributed by atoms with Crippen molar-refractivity contribution in [1.82, 2.24) is 4.68 Å². The van der Waals surface area contributed by atoms with Crippen molar-refractivity contribution in [3.63, 3.8) is 0 Å². The van der Waals surface area contributed by atoms with E-state index in [1.807, 2.05) is 42.6 Å². The van der Waals surface area contributed by atoms with Crippen molar-refractivity contribution in [2.24, 2.45) is 10.1 Å². The van der Waals surface area contributed by atoms with Crippen molar-refractivity contribution >= 4 is 58.0 Å². The summed E-state index contributed by atoms with van der Waals surface area (Å²) in [6.07, 6.45) is 1.62. The van der Waals surface area contributed by atoms with Crippen LogP contribution >= 0.6 is 34.5 Å². The average Bonchev–Trinajstić information content (AvgIpc) is 3.39. The van der Waals surface area contributed by atoms with Crippen molar-refractivity contribution in [2.45, 2.75) is 6.92 Å². The van der Waals surface area contributed by atoms with Crippen LogP contribution in [0.4, 0.5) is 11.4 Å². The first-order valence-electron chi connectivity index (χ1n) is 9.84. The molecule has 5 rings (SSSR count). The van der Waals surface area contributed by atoms with Gasteiger partial charge in [0.25, 0.3) is 5.91 Å². The van der Waals surface area contributed by atoms with E-state index in [9.17, 15) is 4.79 Å². The summed E-state index contributed by atoms with van der Waals surface area (Å²) >= 11 is 13.8. The van der Waals surface area contributed by atoms with Crippen LogP contribution < -0.4 is 14.9 Å². The minimum absolute atomic E-state index is 0.00251. The van der Waals surface area contributed by atoms with Crippen LogP contribution in [0.3, 0.4) is 0 Å². The fourth-order valence-electron chi connectivity index (χ4n) is 3.24. The molecule has 0 spiro atoms. The van der Waals surface area contributed by atoms with Gasteiger partial charge in [0.2, 0.25) is 4.80 Å². The molecule has 0 bridgehead atoms. The van der Waals surface area contributed by atoms with Crippen LogP contribution in [0.15, 0.2) is 68.4 Å². The lowest BCUT2D eigenvalue weighted by atomic mass is 10.1. The van der Waals surface area contributed by atoms with E-state index in [1.54, 1.807) is 29.1 Å². The lowest BCUT2D eigenvalue weighted by molar-refractivity contribution is -0.118. The van der Waals surface area contributed by atoms with Gasteiger partial charge in [-0.3, -0.25) is 4.79 Å². The van der Waals surface area contributed by atoms with Crippen molar-refractivity contribution < 1.29 is 13.9 Å². The Labute approximate surface area is 202 Å². The van der Waals surface area contributed by atoms with Gasteiger partial charge in [0.05, 0.1) is 28.3 Å². The molecule has 0 unspecified atom stereocenters. The second kappa shape index (κ2) is 8.90. The van der Waals surface area contributed by atoms with Crippen LogP contribution in [0.1, 0.15) is 11.5 Å². The summed E-state index contributed by atoms with van der Waals surface area (Å²) in [6.45, 7) is 1.87. The molecule has 0 radical (unpaired) electrons. The maximum atomic E-state index is 11.8. The van der Waals surface area contributed by atoms with E-state index in [0.29, 0.717) is 37.7 Å². The highest BCUT2D eigenvalue weighted by Gasteiger charge is 2.18. The highest BCUT2D eigenvalue weighted by Crippen LogP contribution is 2.33. The molecule has 1 aliphatic rings. The van der Waals surface area contributed by atoms with Gasteiger partial charge in [0, 0.05) is 16.0 Å². The second-order valence-corrected chi connectivity index (χ2v) is 8.84. The number of benzene rings is 2. The number of rotatable bonds is 4. The van der Waals surface area contributed by atoms with Crippen LogP contribution in [-0.2, 0) is 4.79 Å². The predicted molar refractivity (Wildman–Crippen MR) is 130 cm³/mol. The first kappa shape index (κ1) is 21.5. The number of ether oxygens (including phenoxy) is 1. The van der Waals surface area contributed by atoms with Gasteiger partial charge in [-0.15, -0.1) is 11.3 Å². The molecule has 2 aromatic carbocycles. The Kier molecular flexibility index (Phi) is 5.80. The number of aryl methyl sites for hydroxylation is 1. The number of amides is 1. The van der Waals surface area contributed by atoms with E-state index in [2.05, 4.69) is 10.4 Å². The van der Waals surface area contributed by atoms with Crippen molar-refractivity contribution in [1.29, 1.82) is 0 Å². The van der Waals surface area contributed by atoms with Crippen LogP contribution in [0, 0.1) is 6.92 Å². The minimum Gasteiger partial charge on any atom is -0.482 e. The molecular weight excluding hydrogens is 483 g/mol. The molecule has 0 saturated carbocycles. The molecule has 1 aliphatic heterocycles. The summed E-state index contributed by atoms with van der Waals surface area (Å²) in [7, 11) is 0. The molecule has 3 heterocycles. The Morgan fingerprint density at radius 2 is 2.03 bits per heavy atom. The molecule has 0 saturated heterocycles. The van der Waals surface area contributed by atoms with Crippen molar-refractivity contribution in [3.8, 4) is 17.0 Å². The van der Waals surface area contributed by atoms with Gasteiger partial charge >= 0.3 is 0 Å². The van der Waals surface area contributed by atoms with Crippen LogP contribution in [0.2, 0.25) is 10.0 Å². The number of hydrogen-bond donors (Lipinski definition) is 1. The number of carbonyl (C=O) groups is 1. The Morgan fingerprint density at radius 3 is 2.82 bits per heavy atom. The summed E-state index contributed by atoms with van der Waals surface area (Å²) in [5.41, 5.74) is 2.77. The maximum Gasteiger partial charge on any atom is 0.262 e. The second-order valence-electron chi connectivity index (χ2n) is 7.16. The molecule has 10 heteroatoms. The third kappa shape index (κ3) is 4.59. The van der Waals surface area contributed by atoms with E-state index >= 15 is 0 Å². The summed E-state index contributed by atoms with van der Waals surface area (Å²) in [6, 6.07) is 14.4. The average molecular weight is 499 g/mol. The zero-order valence-corrected chi connectivity index (χ0v) is 19.5. The molecule has 0 aliphatic carbocycles. The standard InChI is InChI=1S/C23H16Cl2N4O3S/c1-13-2-5-16(32-13)10-26-29-20(14-3-7-21-19(8-14)27-22(30)11-31-21)12-33-23(29)28-18-6-4-15(24)9-17(18)25/h2-10,12H,11H2,1H3,(H,27,30). The van der Waals surface area contributed by atoms with E-state index < -0.39 is 0 Å². The monoisotopic (exact) mass is 498 g/mol. The molecule has 0 atom stereocenters. The molecule has 166 valence electrons. The Bertz CT molecular complexity index is 1470. The Hall–Kier alpha value is -3.33. The third-order valence-electron chi connectivity index (χ3n) is 4.78. The van der Waals surface area contributed by atoms with Crippen LogP contribution in [0.25, 0.3) is 11.3 Å². The highest BCUT2D eigenvalue weighted by molar-refractivity contribution is 7.07. The number of nitrogens with zero attached hydrogens (tertiary/aromatic N) is 3. The zero-order chi connectivity index (χ0) is 22.9.